The van der Waals surface area contributed by atoms with Crippen molar-refractivity contribution in [1.29, 1.82) is 0 Å². The molecular formula is C19H18N2. The Morgan fingerprint density at radius 2 is 1.10 bits per heavy atom. The van der Waals surface area contributed by atoms with Crippen molar-refractivity contribution in [3.05, 3.63) is 72.6 Å². The molecule has 0 aliphatic heterocycles. The van der Waals surface area contributed by atoms with E-state index in [1.807, 2.05) is 36.4 Å². The fourth-order valence-corrected chi connectivity index (χ4v) is 2.24. The SMILES string of the molecule is CC(C)c1nc(-c2ccccc2)cc(-c2ccccc2)n1. The Labute approximate surface area is 125 Å². The van der Waals surface area contributed by atoms with E-state index in [-0.39, 0.29) is 0 Å². The van der Waals surface area contributed by atoms with Crippen molar-refractivity contribution in [2.45, 2.75) is 19.8 Å². The number of nitrogens with zero attached hydrogens (tertiary/aromatic N) is 2. The second-order valence-corrected chi connectivity index (χ2v) is 5.38. The molecule has 0 fully saturated rings. The maximum atomic E-state index is 4.72. The monoisotopic (exact) mass is 274 g/mol. The second kappa shape index (κ2) is 5.88. The molecule has 0 saturated heterocycles. The number of benzene rings is 2. The highest BCUT2D eigenvalue weighted by Gasteiger charge is 2.10. The molecule has 0 aliphatic rings. The molecule has 104 valence electrons. The van der Waals surface area contributed by atoms with Gasteiger partial charge in [-0.2, -0.15) is 0 Å². The first-order valence-electron chi connectivity index (χ1n) is 7.24. The molecule has 0 bridgehead atoms. The molecule has 2 heteroatoms. The molecule has 0 radical (unpaired) electrons. The summed E-state index contributed by atoms with van der Waals surface area (Å²) in [7, 11) is 0. The highest BCUT2D eigenvalue weighted by Crippen LogP contribution is 2.25. The molecule has 0 N–H and O–H groups in total. The van der Waals surface area contributed by atoms with Crippen LogP contribution in [0.15, 0.2) is 66.7 Å². The van der Waals surface area contributed by atoms with Gasteiger partial charge >= 0.3 is 0 Å². The van der Waals surface area contributed by atoms with Crippen LogP contribution in [0.25, 0.3) is 22.5 Å². The first kappa shape index (κ1) is 13.5. The van der Waals surface area contributed by atoms with E-state index in [2.05, 4.69) is 44.2 Å². The molecule has 0 saturated carbocycles. The van der Waals surface area contributed by atoms with Gasteiger partial charge in [0.1, 0.15) is 5.82 Å². The van der Waals surface area contributed by atoms with Crippen LogP contribution in [0.1, 0.15) is 25.6 Å². The minimum absolute atomic E-state index is 0.302. The zero-order valence-electron chi connectivity index (χ0n) is 12.3. The second-order valence-electron chi connectivity index (χ2n) is 5.38. The van der Waals surface area contributed by atoms with Gasteiger partial charge in [0.05, 0.1) is 11.4 Å². The van der Waals surface area contributed by atoms with Gasteiger partial charge in [0.25, 0.3) is 0 Å². The molecule has 0 atom stereocenters. The number of rotatable bonds is 3. The van der Waals surface area contributed by atoms with Crippen LogP contribution in [-0.2, 0) is 0 Å². The van der Waals surface area contributed by atoms with Crippen LogP contribution in [0, 0.1) is 0 Å². The Kier molecular flexibility index (Phi) is 3.78. The van der Waals surface area contributed by atoms with E-state index in [1.165, 1.54) is 0 Å². The molecule has 21 heavy (non-hydrogen) atoms. The smallest absolute Gasteiger partial charge is 0.132 e. The summed E-state index contributed by atoms with van der Waals surface area (Å²) in [6.45, 7) is 4.25. The van der Waals surface area contributed by atoms with Gasteiger partial charge in [0.2, 0.25) is 0 Å². The van der Waals surface area contributed by atoms with E-state index in [1.54, 1.807) is 0 Å². The van der Waals surface area contributed by atoms with Gasteiger partial charge < -0.3 is 0 Å². The summed E-state index contributed by atoms with van der Waals surface area (Å²) >= 11 is 0. The number of hydrogen-bond acceptors (Lipinski definition) is 2. The van der Waals surface area contributed by atoms with Crippen molar-refractivity contribution in [1.82, 2.24) is 9.97 Å². The van der Waals surface area contributed by atoms with Crippen molar-refractivity contribution in [3.8, 4) is 22.5 Å². The standard InChI is InChI=1S/C19H18N2/c1-14(2)19-20-17(15-9-5-3-6-10-15)13-18(21-19)16-11-7-4-8-12-16/h3-14H,1-2H3. The molecule has 3 rings (SSSR count). The normalized spacial score (nSPS) is 10.8. The Morgan fingerprint density at radius 3 is 1.48 bits per heavy atom. The van der Waals surface area contributed by atoms with Crippen LogP contribution in [0.5, 0.6) is 0 Å². The van der Waals surface area contributed by atoms with Crippen molar-refractivity contribution < 1.29 is 0 Å². The molecule has 0 unspecified atom stereocenters. The zero-order chi connectivity index (χ0) is 14.7. The predicted molar refractivity (Wildman–Crippen MR) is 87.0 cm³/mol. The zero-order valence-corrected chi connectivity index (χ0v) is 12.3. The average Bonchev–Trinajstić information content (AvgIpc) is 2.56. The fourth-order valence-electron chi connectivity index (χ4n) is 2.24. The van der Waals surface area contributed by atoms with Gasteiger partial charge in [-0.1, -0.05) is 74.5 Å². The lowest BCUT2D eigenvalue weighted by Crippen LogP contribution is -2.01. The Morgan fingerprint density at radius 1 is 0.667 bits per heavy atom. The van der Waals surface area contributed by atoms with E-state index >= 15 is 0 Å². The highest BCUT2D eigenvalue weighted by atomic mass is 14.9. The van der Waals surface area contributed by atoms with Crippen molar-refractivity contribution >= 4 is 0 Å². The van der Waals surface area contributed by atoms with Gasteiger partial charge in [-0.3, -0.25) is 0 Å². The third kappa shape index (κ3) is 3.00. The largest absolute Gasteiger partial charge is 0.233 e. The third-order valence-corrected chi connectivity index (χ3v) is 3.40. The minimum atomic E-state index is 0.302. The fraction of sp³-hybridized carbons (Fsp3) is 0.158. The lowest BCUT2D eigenvalue weighted by Gasteiger charge is -2.10. The molecule has 0 amide bonds. The van der Waals surface area contributed by atoms with Crippen LogP contribution in [0.3, 0.4) is 0 Å². The molecule has 2 nitrogen and oxygen atoms in total. The summed E-state index contributed by atoms with van der Waals surface area (Å²) in [6.07, 6.45) is 0. The van der Waals surface area contributed by atoms with Crippen LogP contribution < -0.4 is 0 Å². The molecule has 1 aromatic heterocycles. The van der Waals surface area contributed by atoms with Gasteiger partial charge in [-0.15, -0.1) is 0 Å². The summed E-state index contributed by atoms with van der Waals surface area (Å²) in [4.78, 5) is 9.44. The Bertz CT molecular complexity index is 661. The van der Waals surface area contributed by atoms with E-state index < -0.39 is 0 Å². The van der Waals surface area contributed by atoms with Crippen LogP contribution in [0.2, 0.25) is 0 Å². The van der Waals surface area contributed by atoms with Crippen molar-refractivity contribution in [2.24, 2.45) is 0 Å². The van der Waals surface area contributed by atoms with Crippen LogP contribution >= 0.6 is 0 Å². The van der Waals surface area contributed by atoms with E-state index in [9.17, 15) is 0 Å². The molecule has 1 heterocycles. The molecule has 3 aromatic rings. The molecule has 2 aromatic carbocycles. The molecule has 0 spiro atoms. The third-order valence-electron chi connectivity index (χ3n) is 3.40. The summed E-state index contributed by atoms with van der Waals surface area (Å²) in [5.41, 5.74) is 4.21. The Balaban J connectivity index is 2.16. The highest BCUT2D eigenvalue weighted by molar-refractivity contribution is 5.67. The first-order chi connectivity index (χ1) is 10.2. The van der Waals surface area contributed by atoms with Crippen molar-refractivity contribution in [3.63, 3.8) is 0 Å². The van der Waals surface area contributed by atoms with Gasteiger partial charge in [-0.25, -0.2) is 9.97 Å². The van der Waals surface area contributed by atoms with Gasteiger partial charge in [0, 0.05) is 17.0 Å². The van der Waals surface area contributed by atoms with E-state index in [0.29, 0.717) is 5.92 Å². The van der Waals surface area contributed by atoms with Crippen molar-refractivity contribution in [2.75, 3.05) is 0 Å². The van der Waals surface area contributed by atoms with E-state index in [4.69, 9.17) is 9.97 Å². The van der Waals surface area contributed by atoms with Gasteiger partial charge in [0.15, 0.2) is 0 Å². The molecular weight excluding hydrogens is 256 g/mol. The summed E-state index contributed by atoms with van der Waals surface area (Å²) in [5.74, 6) is 1.19. The maximum absolute atomic E-state index is 4.72. The van der Waals surface area contributed by atoms with Gasteiger partial charge in [-0.05, 0) is 6.07 Å². The van der Waals surface area contributed by atoms with Crippen LogP contribution in [-0.4, -0.2) is 9.97 Å². The summed E-state index contributed by atoms with van der Waals surface area (Å²) in [6, 6.07) is 22.6. The lowest BCUT2D eigenvalue weighted by atomic mass is 10.1. The van der Waals surface area contributed by atoms with E-state index in [0.717, 1.165) is 28.3 Å². The first-order valence-corrected chi connectivity index (χ1v) is 7.24. The molecule has 0 aliphatic carbocycles. The average molecular weight is 274 g/mol. The number of aromatic nitrogens is 2. The quantitative estimate of drug-likeness (QED) is 0.676. The predicted octanol–water partition coefficient (Wildman–Crippen LogP) is 4.93. The lowest BCUT2D eigenvalue weighted by molar-refractivity contribution is 0.778. The topological polar surface area (TPSA) is 25.8 Å². The summed E-state index contributed by atoms with van der Waals surface area (Å²) in [5, 5.41) is 0. The maximum Gasteiger partial charge on any atom is 0.132 e. The number of hydrogen-bond donors (Lipinski definition) is 0. The minimum Gasteiger partial charge on any atom is -0.233 e. The Hall–Kier alpha value is -2.48. The van der Waals surface area contributed by atoms with Crippen LogP contribution in [0.4, 0.5) is 0 Å². The summed E-state index contributed by atoms with van der Waals surface area (Å²) < 4.78 is 0.